The SMILES string of the molecule is CC(=O)N[C@H](CC(=O)NCCNCCN(CCN)CCN)C(=O)N[C@@H](CC(=O)NCCNCCN(CCN)CCN)C(=O)NCCOCCN=[N+]=[N-]. The second-order valence-corrected chi connectivity index (χ2v) is 11.6. The monoisotopic (exact) mass is 745 g/mol. The molecule has 0 rings (SSSR count). The van der Waals surface area contributed by atoms with Crippen molar-refractivity contribution in [3.63, 3.8) is 0 Å². The minimum atomic E-state index is -1.33. The Kier molecular flexibility index (Phi) is 30.8. The van der Waals surface area contributed by atoms with Crippen molar-refractivity contribution < 1.29 is 28.7 Å². The molecule has 0 bridgehead atoms. The Morgan fingerprint density at radius 1 is 0.635 bits per heavy atom. The molecular weight excluding hydrogens is 680 g/mol. The van der Waals surface area contributed by atoms with E-state index in [9.17, 15) is 24.0 Å². The van der Waals surface area contributed by atoms with E-state index < -0.39 is 54.5 Å². The van der Waals surface area contributed by atoms with Gasteiger partial charge in [-0.3, -0.25) is 33.8 Å². The van der Waals surface area contributed by atoms with Crippen molar-refractivity contribution in [3.05, 3.63) is 10.4 Å². The van der Waals surface area contributed by atoms with Gasteiger partial charge in [-0.15, -0.1) is 0 Å². The Balaban J connectivity index is 5.16. The molecule has 0 aromatic rings. The molecule has 0 aliphatic heterocycles. The first-order valence-electron chi connectivity index (χ1n) is 17.7. The number of hydrogen-bond donors (Lipinski definition) is 11. The highest BCUT2D eigenvalue weighted by atomic mass is 16.5. The van der Waals surface area contributed by atoms with Crippen molar-refractivity contribution in [3.8, 4) is 0 Å². The summed E-state index contributed by atoms with van der Waals surface area (Å²) >= 11 is 0. The van der Waals surface area contributed by atoms with E-state index in [1.54, 1.807) is 0 Å². The van der Waals surface area contributed by atoms with Gasteiger partial charge in [0.25, 0.3) is 0 Å². The van der Waals surface area contributed by atoms with Crippen molar-refractivity contribution >= 4 is 29.5 Å². The fourth-order valence-electron chi connectivity index (χ4n) is 4.78. The molecule has 0 saturated heterocycles. The number of hydrogen-bond acceptors (Lipinski definition) is 15. The first-order chi connectivity index (χ1) is 25.1. The molecule has 300 valence electrons. The summed E-state index contributed by atoms with van der Waals surface area (Å²) in [6.07, 6.45) is -0.805. The number of amides is 5. The van der Waals surface area contributed by atoms with Gasteiger partial charge in [0.05, 0.1) is 26.1 Å². The van der Waals surface area contributed by atoms with Crippen LogP contribution in [0, 0.1) is 0 Å². The summed E-state index contributed by atoms with van der Waals surface area (Å²) in [7, 11) is 0. The number of azide groups is 1. The van der Waals surface area contributed by atoms with Crippen LogP contribution < -0.4 is 60.2 Å². The van der Waals surface area contributed by atoms with Crippen LogP contribution in [0.25, 0.3) is 10.4 Å². The van der Waals surface area contributed by atoms with Crippen molar-refractivity contribution in [2.75, 3.05) is 131 Å². The van der Waals surface area contributed by atoms with Gasteiger partial charge in [-0.2, -0.15) is 0 Å². The maximum absolute atomic E-state index is 13.3. The van der Waals surface area contributed by atoms with E-state index in [-0.39, 0.29) is 39.4 Å². The quantitative estimate of drug-likeness (QED) is 0.0127. The Bertz CT molecular complexity index is 1040. The summed E-state index contributed by atoms with van der Waals surface area (Å²) in [5.74, 6) is -3.05. The van der Waals surface area contributed by atoms with E-state index in [4.69, 9.17) is 33.2 Å². The lowest BCUT2D eigenvalue weighted by molar-refractivity contribution is -0.135. The van der Waals surface area contributed by atoms with E-state index in [2.05, 4.69) is 57.0 Å². The fraction of sp³-hybridized carbons (Fsp3) is 0.833. The minimum absolute atomic E-state index is 0.0436. The molecule has 22 nitrogen and oxygen atoms in total. The van der Waals surface area contributed by atoms with Crippen molar-refractivity contribution in [2.45, 2.75) is 31.8 Å². The van der Waals surface area contributed by atoms with Gasteiger partial charge in [0.15, 0.2) is 0 Å². The average Bonchev–Trinajstić information content (AvgIpc) is 3.10. The molecule has 5 amide bonds. The number of carbonyl (C=O) groups is 5. The van der Waals surface area contributed by atoms with Crippen molar-refractivity contribution in [1.29, 1.82) is 0 Å². The lowest BCUT2D eigenvalue weighted by Crippen LogP contribution is -2.56. The van der Waals surface area contributed by atoms with Gasteiger partial charge in [0.2, 0.25) is 29.5 Å². The molecule has 0 aliphatic carbocycles. The standard InChI is InChI=1S/C30H64N16O6/c1-24(47)42-26(23-28(49)39-9-7-37-11-19-46(16-4-33)17-5-34)30(51)43-25(29(50)40-12-20-52-21-13-41-44-35)22-27(48)38-8-6-36-10-18-45(14-2-31)15-3-32/h25-26,36-37H,2-23,31-34H2,1H3,(H,38,48)(H,39,49)(H,40,50)(H,42,47)(H,43,51)/t25-,26+/m0/s1. The van der Waals surface area contributed by atoms with Crippen LogP contribution >= 0.6 is 0 Å². The van der Waals surface area contributed by atoms with Crippen molar-refractivity contribution in [2.24, 2.45) is 28.0 Å². The van der Waals surface area contributed by atoms with Crippen molar-refractivity contribution in [1.82, 2.24) is 47.0 Å². The van der Waals surface area contributed by atoms with E-state index in [0.29, 0.717) is 52.4 Å². The maximum atomic E-state index is 13.3. The summed E-state index contributed by atoms with van der Waals surface area (Å²) in [5.41, 5.74) is 30.9. The van der Waals surface area contributed by atoms with Crippen LogP contribution in [0.5, 0.6) is 0 Å². The topological polar surface area (TPSA) is 338 Å². The molecule has 2 atom stereocenters. The maximum Gasteiger partial charge on any atom is 0.243 e. The van der Waals surface area contributed by atoms with Crippen LogP contribution in [0.2, 0.25) is 0 Å². The molecule has 0 saturated carbocycles. The Hall–Kier alpha value is -3.70. The smallest absolute Gasteiger partial charge is 0.243 e. The summed E-state index contributed by atoms with van der Waals surface area (Å²) in [5, 5.41) is 22.8. The van der Waals surface area contributed by atoms with Crippen LogP contribution in [0.4, 0.5) is 0 Å². The molecule has 0 radical (unpaired) electrons. The number of nitrogens with one attached hydrogen (secondary N) is 7. The molecule has 15 N–H and O–H groups in total. The predicted octanol–water partition coefficient (Wildman–Crippen LogP) is -5.95. The lowest BCUT2D eigenvalue weighted by Gasteiger charge is -2.23. The van der Waals surface area contributed by atoms with Crippen LogP contribution in [-0.4, -0.2) is 182 Å². The third-order valence-electron chi connectivity index (χ3n) is 7.29. The lowest BCUT2D eigenvalue weighted by atomic mass is 10.1. The summed E-state index contributed by atoms with van der Waals surface area (Å²) in [6.45, 7) is 10.8. The molecule has 52 heavy (non-hydrogen) atoms. The van der Waals surface area contributed by atoms with E-state index in [1.165, 1.54) is 6.92 Å². The molecule has 0 fully saturated rings. The zero-order valence-corrected chi connectivity index (χ0v) is 30.7. The average molecular weight is 745 g/mol. The third kappa shape index (κ3) is 27.0. The molecule has 22 heteroatoms. The number of rotatable bonds is 34. The summed E-state index contributed by atoms with van der Waals surface area (Å²) in [6, 6.07) is -2.64. The van der Waals surface area contributed by atoms with Gasteiger partial charge >= 0.3 is 0 Å². The highest BCUT2D eigenvalue weighted by molar-refractivity contribution is 5.96. The van der Waals surface area contributed by atoms with Gasteiger partial charge < -0.3 is 64.9 Å². The minimum Gasteiger partial charge on any atom is -0.379 e. The zero-order chi connectivity index (χ0) is 38.8. The zero-order valence-electron chi connectivity index (χ0n) is 30.7. The van der Waals surface area contributed by atoms with Gasteiger partial charge in [-0.05, 0) is 5.53 Å². The molecule has 0 aliphatic rings. The molecule has 0 aromatic heterocycles. The van der Waals surface area contributed by atoms with E-state index in [1.807, 2.05) is 0 Å². The Morgan fingerprint density at radius 3 is 1.56 bits per heavy atom. The van der Waals surface area contributed by atoms with Gasteiger partial charge in [0.1, 0.15) is 12.1 Å². The highest BCUT2D eigenvalue weighted by Crippen LogP contribution is 2.00. The molecule has 0 aromatic carbocycles. The second-order valence-electron chi connectivity index (χ2n) is 11.6. The van der Waals surface area contributed by atoms with Gasteiger partial charge in [-0.1, -0.05) is 5.11 Å². The first kappa shape index (κ1) is 48.3. The van der Waals surface area contributed by atoms with E-state index in [0.717, 1.165) is 39.3 Å². The number of ether oxygens (including phenoxy) is 1. The predicted molar refractivity (Wildman–Crippen MR) is 197 cm³/mol. The van der Waals surface area contributed by atoms with Crippen LogP contribution in [0.1, 0.15) is 19.8 Å². The highest BCUT2D eigenvalue weighted by Gasteiger charge is 2.29. The van der Waals surface area contributed by atoms with Crippen LogP contribution in [0.3, 0.4) is 0 Å². The van der Waals surface area contributed by atoms with E-state index >= 15 is 0 Å². The normalized spacial score (nSPS) is 12.1. The first-order valence-corrected chi connectivity index (χ1v) is 17.7. The second kappa shape index (κ2) is 33.2. The van der Waals surface area contributed by atoms with Crippen LogP contribution in [-0.2, 0) is 28.7 Å². The molecule has 0 unspecified atom stereocenters. The third-order valence-corrected chi connectivity index (χ3v) is 7.29. The fourth-order valence-corrected chi connectivity index (χ4v) is 4.78. The Morgan fingerprint density at radius 2 is 1.12 bits per heavy atom. The number of nitrogens with two attached hydrogens (primary N) is 4. The molecule has 0 heterocycles. The number of carbonyl (C=O) groups excluding carboxylic acids is 5. The van der Waals surface area contributed by atoms with Gasteiger partial charge in [-0.25, -0.2) is 0 Å². The molecular formula is C30H64N16O6. The van der Waals surface area contributed by atoms with Gasteiger partial charge in [0, 0.05) is 130 Å². The molecule has 0 spiro atoms. The largest absolute Gasteiger partial charge is 0.379 e. The summed E-state index contributed by atoms with van der Waals surface area (Å²) in [4.78, 5) is 70.7. The Labute approximate surface area is 306 Å². The number of nitrogens with zero attached hydrogens (tertiary/aromatic N) is 5. The summed E-state index contributed by atoms with van der Waals surface area (Å²) < 4.78 is 5.29. The van der Waals surface area contributed by atoms with Crippen LogP contribution in [0.15, 0.2) is 5.11 Å².